The van der Waals surface area contributed by atoms with Gasteiger partial charge in [0.1, 0.15) is 0 Å². The number of likely N-dealkylation sites (tertiary alicyclic amines) is 1. The molecule has 0 aliphatic carbocycles. The molecule has 31 heavy (non-hydrogen) atoms. The van der Waals surface area contributed by atoms with Gasteiger partial charge in [-0.3, -0.25) is 14.4 Å². The second-order valence-corrected chi connectivity index (χ2v) is 8.13. The van der Waals surface area contributed by atoms with Crippen LogP contribution in [0.15, 0.2) is 54.6 Å². The smallest absolute Gasteiger partial charge is 0.239 e. The van der Waals surface area contributed by atoms with Gasteiger partial charge in [-0.25, -0.2) is 0 Å². The number of hydrogen-bond acceptors (Lipinski definition) is 4. The van der Waals surface area contributed by atoms with E-state index in [0.717, 1.165) is 24.2 Å². The largest absolute Gasteiger partial charge is 0.360 e. The number of nitrogens with zero attached hydrogens (tertiary/aromatic N) is 2. The molecule has 7 heteroatoms. The second-order valence-electron chi connectivity index (χ2n) is 8.13. The zero-order chi connectivity index (χ0) is 21.6. The number of amides is 3. The van der Waals surface area contributed by atoms with Gasteiger partial charge in [0.05, 0.1) is 12.5 Å². The summed E-state index contributed by atoms with van der Waals surface area (Å²) in [5.74, 6) is -0.292. The van der Waals surface area contributed by atoms with E-state index in [9.17, 15) is 14.4 Å². The van der Waals surface area contributed by atoms with Crippen molar-refractivity contribution in [3.63, 3.8) is 0 Å². The minimum atomic E-state index is -0.297. The van der Waals surface area contributed by atoms with Crippen LogP contribution in [0.2, 0.25) is 0 Å². The summed E-state index contributed by atoms with van der Waals surface area (Å²) < 4.78 is 0. The van der Waals surface area contributed by atoms with Gasteiger partial charge >= 0.3 is 0 Å². The highest BCUT2D eigenvalue weighted by atomic mass is 16.2. The number of hydrogen-bond donors (Lipinski definition) is 2. The molecule has 2 aromatic carbocycles. The quantitative estimate of drug-likeness (QED) is 0.708. The number of anilines is 1. The first-order valence-corrected chi connectivity index (χ1v) is 10.8. The molecular formula is C24H28N4O3. The molecule has 0 bridgehead atoms. The van der Waals surface area contributed by atoms with Crippen molar-refractivity contribution >= 4 is 23.4 Å². The third kappa shape index (κ3) is 5.42. The molecule has 0 saturated carbocycles. The number of benzene rings is 2. The average molecular weight is 421 g/mol. The van der Waals surface area contributed by atoms with Crippen LogP contribution in [-0.4, -0.2) is 55.3 Å². The Balaban J connectivity index is 1.24. The molecule has 0 radical (unpaired) electrons. The predicted octanol–water partition coefficient (Wildman–Crippen LogP) is 1.33. The predicted molar refractivity (Wildman–Crippen MR) is 118 cm³/mol. The van der Waals surface area contributed by atoms with Crippen LogP contribution in [0.1, 0.15) is 17.5 Å². The first kappa shape index (κ1) is 20.9. The van der Waals surface area contributed by atoms with E-state index in [1.54, 1.807) is 4.90 Å². The van der Waals surface area contributed by atoms with Crippen LogP contribution in [-0.2, 0) is 27.3 Å². The van der Waals surface area contributed by atoms with Crippen LogP contribution in [0.5, 0.6) is 0 Å². The monoisotopic (exact) mass is 420 g/mol. The van der Waals surface area contributed by atoms with Gasteiger partial charge in [-0.05, 0) is 29.7 Å². The van der Waals surface area contributed by atoms with Gasteiger partial charge in [0.25, 0.3) is 0 Å². The molecule has 3 amide bonds. The van der Waals surface area contributed by atoms with E-state index in [2.05, 4.69) is 22.8 Å². The molecule has 0 spiro atoms. The van der Waals surface area contributed by atoms with E-state index < -0.39 is 0 Å². The van der Waals surface area contributed by atoms with Crippen LogP contribution in [0.4, 0.5) is 5.69 Å². The van der Waals surface area contributed by atoms with Crippen molar-refractivity contribution in [2.75, 3.05) is 37.6 Å². The third-order valence-corrected chi connectivity index (χ3v) is 5.91. The van der Waals surface area contributed by atoms with E-state index in [-0.39, 0.29) is 30.1 Å². The van der Waals surface area contributed by atoms with E-state index in [4.69, 9.17) is 0 Å². The molecule has 162 valence electrons. The van der Waals surface area contributed by atoms with Crippen LogP contribution in [0, 0.1) is 5.92 Å². The van der Waals surface area contributed by atoms with E-state index in [1.165, 1.54) is 5.56 Å². The highest BCUT2D eigenvalue weighted by Crippen LogP contribution is 2.19. The maximum Gasteiger partial charge on any atom is 0.239 e. The van der Waals surface area contributed by atoms with E-state index in [1.807, 2.05) is 47.4 Å². The Morgan fingerprint density at radius 3 is 2.55 bits per heavy atom. The summed E-state index contributed by atoms with van der Waals surface area (Å²) in [5, 5.41) is 5.79. The SMILES string of the molecule is O=C1CN(c2ccc(CNC(=O)C3CC(=O)N(CCc4ccccc4)C3)cc2)CCN1. The molecule has 7 nitrogen and oxygen atoms in total. The molecule has 2 fully saturated rings. The maximum atomic E-state index is 12.6. The summed E-state index contributed by atoms with van der Waals surface area (Å²) in [6.07, 6.45) is 1.07. The zero-order valence-electron chi connectivity index (χ0n) is 17.5. The molecule has 2 heterocycles. The average Bonchev–Trinajstić information content (AvgIpc) is 3.18. The fraction of sp³-hybridized carbons (Fsp3) is 0.375. The maximum absolute atomic E-state index is 12.6. The third-order valence-electron chi connectivity index (χ3n) is 5.91. The van der Waals surface area contributed by atoms with Crippen molar-refractivity contribution in [1.82, 2.24) is 15.5 Å². The Kier molecular flexibility index (Phi) is 6.50. The normalized spacial score (nSPS) is 18.8. The Morgan fingerprint density at radius 2 is 1.81 bits per heavy atom. The van der Waals surface area contributed by atoms with Crippen molar-refractivity contribution in [1.29, 1.82) is 0 Å². The summed E-state index contributed by atoms with van der Waals surface area (Å²) in [7, 11) is 0. The Hall–Kier alpha value is -3.35. The lowest BCUT2D eigenvalue weighted by atomic mass is 10.1. The van der Waals surface area contributed by atoms with Gasteiger partial charge in [0.15, 0.2) is 0 Å². The van der Waals surface area contributed by atoms with Crippen LogP contribution in [0.25, 0.3) is 0 Å². The molecule has 2 aliphatic heterocycles. The van der Waals surface area contributed by atoms with Crippen molar-refractivity contribution in [3.05, 3.63) is 65.7 Å². The van der Waals surface area contributed by atoms with Crippen LogP contribution < -0.4 is 15.5 Å². The lowest BCUT2D eigenvalue weighted by Crippen LogP contribution is -2.47. The molecule has 2 aliphatic rings. The lowest BCUT2D eigenvalue weighted by molar-refractivity contribution is -0.129. The van der Waals surface area contributed by atoms with Crippen LogP contribution >= 0.6 is 0 Å². The van der Waals surface area contributed by atoms with Crippen LogP contribution in [0.3, 0.4) is 0 Å². The molecule has 4 rings (SSSR count). The lowest BCUT2D eigenvalue weighted by Gasteiger charge is -2.28. The fourth-order valence-electron chi connectivity index (χ4n) is 4.09. The van der Waals surface area contributed by atoms with Gasteiger partial charge in [-0.15, -0.1) is 0 Å². The molecule has 2 saturated heterocycles. The Bertz CT molecular complexity index is 930. The Labute approximate surface area is 182 Å². The van der Waals surface area contributed by atoms with E-state index >= 15 is 0 Å². The van der Waals surface area contributed by atoms with Crippen molar-refractivity contribution in [2.24, 2.45) is 5.92 Å². The van der Waals surface area contributed by atoms with E-state index in [0.29, 0.717) is 32.7 Å². The highest BCUT2D eigenvalue weighted by molar-refractivity contribution is 5.89. The molecule has 1 unspecified atom stereocenters. The fourth-order valence-corrected chi connectivity index (χ4v) is 4.09. The minimum absolute atomic E-state index is 0.0338. The van der Waals surface area contributed by atoms with Gasteiger partial charge in [-0.1, -0.05) is 42.5 Å². The summed E-state index contributed by atoms with van der Waals surface area (Å²) in [6, 6.07) is 18.0. The Morgan fingerprint density at radius 1 is 1.03 bits per heavy atom. The van der Waals surface area contributed by atoms with Gasteiger partial charge in [0.2, 0.25) is 17.7 Å². The van der Waals surface area contributed by atoms with Gasteiger partial charge in [-0.2, -0.15) is 0 Å². The molecule has 1 atom stereocenters. The standard InChI is InChI=1S/C24H28N4O3/c29-22-17-27(13-11-25-22)21-8-6-19(7-9-21)15-26-24(31)20-14-23(30)28(16-20)12-10-18-4-2-1-3-5-18/h1-9,20H,10-17H2,(H,25,29)(H,26,31). The number of piperazine rings is 1. The number of carbonyl (C=O) groups is 3. The summed E-state index contributed by atoms with van der Waals surface area (Å²) in [4.78, 5) is 40.3. The molecule has 2 aromatic rings. The first-order valence-electron chi connectivity index (χ1n) is 10.8. The summed E-state index contributed by atoms with van der Waals surface area (Å²) in [5.41, 5.74) is 3.18. The van der Waals surface area contributed by atoms with Gasteiger partial charge < -0.3 is 20.4 Å². The van der Waals surface area contributed by atoms with Crippen molar-refractivity contribution in [3.8, 4) is 0 Å². The summed E-state index contributed by atoms with van der Waals surface area (Å²) >= 11 is 0. The number of nitrogens with one attached hydrogen (secondary N) is 2. The van der Waals surface area contributed by atoms with Gasteiger partial charge in [0, 0.05) is 44.8 Å². The minimum Gasteiger partial charge on any atom is -0.360 e. The highest BCUT2D eigenvalue weighted by Gasteiger charge is 2.33. The first-order chi connectivity index (χ1) is 15.1. The number of carbonyl (C=O) groups excluding carboxylic acids is 3. The number of rotatable bonds is 7. The van der Waals surface area contributed by atoms with Crippen molar-refractivity contribution < 1.29 is 14.4 Å². The second kappa shape index (κ2) is 9.64. The summed E-state index contributed by atoms with van der Waals surface area (Å²) in [6.45, 7) is 3.36. The van der Waals surface area contributed by atoms with Crippen molar-refractivity contribution in [2.45, 2.75) is 19.4 Å². The molecular weight excluding hydrogens is 392 g/mol. The molecule has 2 N–H and O–H groups in total. The topological polar surface area (TPSA) is 81.8 Å². The molecule has 0 aromatic heterocycles. The zero-order valence-corrected chi connectivity index (χ0v) is 17.5.